The van der Waals surface area contributed by atoms with Crippen molar-refractivity contribution in [1.82, 2.24) is 16.2 Å². The van der Waals surface area contributed by atoms with Gasteiger partial charge >= 0.3 is 6.09 Å². The largest absolute Gasteiger partial charge is 0.445 e. The average Bonchev–Trinajstić information content (AvgIpc) is 2.49. The van der Waals surface area contributed by atoms with E-state index in [2.05, 4.69) is 16.2 Å². The molecule has 5 N–H and O–H groups in total. The monoisotopic (exact) mass is 280 g/mol. The van der Waals surface area contributed by atoms with E-state index in [4.69, 9.17) is 10.5 Å². The predicted octanol–water partition coefficient (Wildman–Crippen LogP) is -0.981. The summed E-state index contributed by atoms with van der Waals surface area (Å²) in [5.41, 5.74) is 9.99. The van der Waals surface area contributed by atoms with Crippen LogP contribution in [0.3, 0.4) is 0 Å². The Morgan fingerprint density at radius 2 is 1.70 bits per heavy atom. The number of ether oxygens (including phenoxy) is 1. The van der Waals surface area contributed by atoms with Crippen LogP contribution in [0.4, 0.5) is 4.79 Å². The Kier molecular flexibility index (Phi) is 6.55. The van der Waals surface area contributed by atoms with E-state index in [0.29, 0.717) is 0 Å². The summed E-state index contributed by atoms with van der Waals surface area (Å²) in [6.07, 6.45) is -0.728. The highest BCUT2D eigenvalue weighted by Crippen LogP contribution is 2.00. The van der Waals surface area contributed by atoms with Crippen LogP contribution in [-0.2, 0) is 20.9 Å². The highest BCUT2D eigenvalue weighted by Gasteiger charge is 2.07. The standard InChI is InChI=1S/C12H16N4O4/c13-6-10(17)15-16-11(18)7-14-12(19)20-8-9-4-2-1-3-5-9/h1-5H,6-8,13H2,(H,14,19)(H,15,17)(H,16,18). The maximum atomic E-state index is 11.3. The van der Waals surface area contributed by atoms with Gasteiger partial charge in [0.2, 0.25) is 0 Å². The number of nitrogens with one attached hydrogen (secondary N) is 3. The van der Waals surface area contributed by atoms with Crippen LogP contribution in [-0.4, -0.2) is 31.0 Å². The molecule has 0 aliphatic carbocycles. The van der Waals surface area contributed by atoms with Crippen molar-refractivity contribution < 1.29 is 19.1 Å². The molecule has 0 saturated heterocycles. The first-order valence-corrected chi connectivity index (χ1v) is 5.84. The number of rotatable bonds is 5. The molecular formula is C12H16N4O4. The molecule has 0 aromatic heterocycles. The van der Waals surface area contributed by atoms with Gasteiger partial charge in [-0.3, -0.25) is 20.4 Å². The van der Waals surface area contributed by atoms with Crippen molar-refractivity contribution in [2.24, 2.45) is 5.73 Å². The van der Waals surface area contributed by atoms with Crippen molar-refractivity contribution in [2.45, 2.75) is 6.61 Å². The van der Waals surface area contributed by atoms with Crippen molar-refractivity contribution in [1.29, 1.82) is 0 Å². The Morgan fingerprint density at radius 3 is 2.35 bits per heavy atom. The molecule has 8 heteroatoms. The molecule has 0 spiro atoms. The molecule has 0 aliphatic rings. The zero-order valence-electron chi connectivity index (χ0n) is 10.7. The summed E-state index contributed by atoms with van der Waals surface area (Å²) >= 11 is 0. The number of hydrogen-bond acceptors (Lipinski definition) is 5. The lowest BCUT2D eigenvalue weighted by atomic mass is 10.2. The van der Waals surface area contributed by atoms with E-state index in [1.807, 2.05) is 30.3 Å². The predicted molar refractivity (Wildman–Crippen MR) is 70.0 cm³/mol. The molecule has 0 unspecified atom stereocenters. The third-order valence-corrected chi connectivity index (χ3v) is 2.13. The zero-order valence-corrected chi connectivity index (χ0v) is 10.7. The molecular weight excluding hydrogens is 264 g/mol. The van der Waals surface area contributed by atoms with E-state index in [1.165, 1.54) is 0 Å². The van der Waals surface area contributed by atoms with Crippen LogP contribution in [0.15, 0.2) is 30.3 Å². The lowest BCUT2D eigenvalue weighted by Gasteiger charge is -2.08. The molecule has 1 aromatic rings. The van der Waals surface area contributed by atoms with Gasteiger partial charge in [0.1, 0.15) is 13.2 Å². The highest BCUT2D eigenvalue weighted by molar-refractivity contribution is 5.85. The van der Waals surface area contributed by atoms with Gasteiger partial charge in [-0.05, 0) is 5.56 Å². The Balaban J connectivity index is 2.16. The molecule has 1 rings (SSSR count). The van der Waals surface area contributed by atoms with Crippen molar-refractivity contribution in [3.63, 3.8) is 0 Å². The summed E-state index contributed by atoms with van der Waals surface area (Å²) in [6, 6.07) is 9.11. The lowest BCUT2D eigenvalue weighted by molar-refractivity contribution is -0.127. The Labute approximate surface area is 115 Å². The number of carbonyl (C=O) groups excluding carboxylic acids is 3. The van der Waals surface area contributed by atoms with Gasteiger partial charge in [-0.15, -0.1) is 0 Å². The number of amides is 3. The first-order valence-electron chi connectivity index (χ1n) is 5.84. The van der Waals surface area contributed by atoms with E-state index in [9.17, 15) is 14.4 Å². The summed E-state index contributed by atoms with van der Waals surface area (Å²) in [4.78, 5) is 33.3. The summed E-state index contributed by atoms with van der Waals surface area (Å²) in [6.45, 7) is -0.455. The Bertz CT molecular complexity index is 464. The molecule has 1 aromatic carbocycles. The number of hydrogen-bond donors (Lipinski definition) is 4. The number of nitrogens with two attached hydrogens (primary N) is 1. The van der Waals surface area contributed by atoms with Crippen molar-refractivity contribution in [3.05, 3.63) is 35.9 Å². The number of hydrazine groups is 1. The number of carbonyl (C=O) groups is 3. The second-order valence-electron chi connectivity index (χ2n) is 3.72. The molecule has 3 amide bonds. The molecule has 0 saturated carbocycles. The minimum absolute atomic E-state index is 0.109. The van der Waals surface area contributed by atoms with Crippen molar-refractivity contribution in [2.75, 3.05) is 13.1 Å². The van der Waals surface area contributed by atoms with Gasteiger partial charge in [0, 0.05) is 0 Å². The smallest absolute Gasteiger partial charge is 0.407 e. The fourth-order valence-corrected chi connectivity index (χ4v) is 1.16. The molecule has 0 fully saturated rings. The summed E-state index contributed by atoms with van der Waals surface area (Å²) in [5, 5.41) is 2.24. The van der Waals surface area contributed by atoms with Crippen LogP contribution < -0.4 is 21.9 Å². The average molecular weight is 280 g/mol. The number of alkyl carbamates (subject to hydrolysis) is 1. The number of benzene rings is 1. The maximum absolute atomic E-state index is 11.3. The molecule has 108 valence electrons. The van der Waals surface area contributed by atoms with E-state index in [1.54, 1.807) is 0 Å². The first-order chi connectivity index (χ1) is 9.61. The van der Waals surface area contributed by atoms with Crippen LogP contribution in [0, 0.1) is 0 Å². The molecule has 0 atom stereocenters. The second-order valence-corrected chi connectivity index (χ2v) is 3.72. The SMILES string of the molecule is NCC(=O)NNC(=O)CNC(=O)OCc1ccccc1. The third-order valence-electron chi connectivity index (χ3n) is 2.13. The molecule has 0 radical (unpaired) electrons. The van der Waals surface area contributed by atoms with E-state index < -0.39 is 17.9 Å². The minimum atomic E-state index is -0.728. The van der Waals surface area contributed by atoms with Crippen molar-refractivity contribution >= 4 is 17.9 Å². The second kappa shape index (κ2) is 8.48. The van der Waals surface area contributed by atoms with E-state index >= 15 is 0 Å². The van der Waals surface area contributed by atoms with Crippen LogP contribution in [0.2, 0.25) is 0 Å². The van der Waals surface area contributed by atoms with E-state index in [-0.39, 0.29) is 19.7 Å². The maximum Gasteiger partial charge on any atom is 0.407 e. The van der Waals surface area contributed by atoms with Crippen molar-refractivity contribution in [3.8, 4) is 0 Å². The van der Waals surface area contributed by atoms with Gasteiger partial charge in [-0.25, -0.2) is 4.79 Å². The minimum Gasteiger partial charge on any atom is -0.445 e. The molecule has 0 heterocycles. The van der Waals surface area contributed by atoms with Crippen LogP contribution >= 0.6 is 0 Å². The van der Waals surface area contributed by atoms with E-state index in [0.717, 1.165) is 5.56 Å². The van der Waals surface area contributed by atoms with Gasteiger partial charge in [-0.1, -0.05) is 30.3 Å². The van der Waals surface area contributed by atoms with Gasteiger partial charge in [0.25, 0.3) is 11.8 Å². The van der Waals surface area contributed by atoms with Gasteiger partial charge < -0.3 is 15.8 Å². The fraction of sp³-hybridized carbons (Fsp3) is 0.250. The summed E-state index contributed by atoms with van der Waals surface area (Å²) in [7, 11) is 0. The Morgan fingerprint density at radius 1 is 1.05 bits per heavy atom. The molecule has 8 nitrogen and oxygen atoms in total. The third kappa shape index (κ3) is 6.36. The topological polar surface area (TPSA) is 123 Å². The van der Waals surface area contributed by atoms with Crippen LogP contribution in [0.5, 0.6) is 0 Å². The summed E-state index contributed by atoms with van der Waals surface area (Å²) < 4.78 is 4.89. The van der Waals surface area contributed by atoms with Crippen LogP contribution in [0.1, 0.15) is 5.56 Å². The summed E-state index contributed by atoms with van der Waals surface area (Å²) in [5.74, 6) is -1.13. The molecule has 0 aliphatic heterocycles. The quantitative estimate of drug-likeness (QED) is 0.516. The highest BCUT2D eigenvalue weighted by atomic mass is 16.5. The molecule has 20 heavy (non-hydrogen) atoms. The molecule has 0 bridgehead atoms. The first kappa shape index (κ1) is 15.4. The Hall–Kier alpha value is -2.61. The fourth-order valence-electron chi connectivity index (χ4n) is 1.16. The zero-order chi connectivity index (χ0) is 14.8. The van der Waals surface area contributed by atoms with Gasteiger partial charge in [0.05, 0.1) is 6.54 Å². The normalized spacial score (nSPS) is 9.45. The van der Waals surface area contributed by atoms with Gasteiger partial charge in [-0.2, -0.15) is 0 Å². The lowest BCUT2D eigenvalue weighted by Crippen LogP contribution is -2.48. The van der Waals surface area contributed by atoms with Gasteiger partial charge in [0.15, 0.2) is 0 Å². The van der Waals surface area contributed by atoms with Crippen LogP contribution in [0.25, 0.3) is 0 Å².